The summed E-state index contributed by atoms with van der Waals surface area (Å²) in [6.45, 7) is 9.21. The van der Waals surface area contributed by atoms with Gasteiger partial charge in [-0.05, 0) is 70.2 Å². The van der Waals surface area contributed by atoms with Gasteiger partial charge in [0.25, 0.3) is 0 Å². The molecule has 0 saturated heterocycles. The van der Waals surface area contributed by atoms with E-state index in [0.29, 0.717) is 17.7 Å². The van der Waals surface area contributed by atoms with Crippen LogP contribution in [0.1, 0.15) is 96.2 Å². The second-order valence-electron chi connectivity index (χ2n) is 10.4. The summed E-state index contributed by atoms with van der Waals surface area (Å²) in [5.74, 6) is -0.457. The minimum absolute atomic E-state index is 0.0874. The molecule has 3 N–H and O–H groups in total. The maximum atomic E-state index is 13.6. The lowest BCUT2D eigenvalue weighted by Gasteiger charge is -2.34. The summed E-state index contributed by atoms with van der Waals surface area (Å²) in [4.78, 5) is 40.7. The highest BCUT2D eigenvalue weighted by atomic mass is 16.6. The Morgan fingerprint density at radius 2 is 1.83 bits per heavy atom. The molecule has 0 bridgehead atoms. The molecule has 1 atom stereocenters. The Morgan fingerprint density at radius 3 is 2.43 bits per heavy atom. The number of amides is 3. The predicted octanol–water partition coefficient (Wildman–Crippen LogP) is 4.73. The van der Waals surface area contributed by atoms with Crippen LogP contribution in [0.3, 0.4) is 0 Å². The van der Waals surface area contributed by atoms with E-state index >= 15 is 0 Å². The number of hydrogen-bond acceptors (Lipinski definition) is 5. The lowest BCUT2D eigenvalue weighted by atomic mass is 9.94. The van der Waals surface area contributed by atoms with Crippen LogP contribution in [0.25, 0.3) is 0 Å². The first-order valence-corrected chi connectivity index (χ1v) is 12.9. The number of ether oxygens (including phenoxy) is 1. The van der Waals surface area contributed by atoms with Crippen molar-refractivity contribution >= 4 is 17.9 Å². The van der Waals surface area contributed by atoms with Gasteiger partial charge in [-0.2, -0.15) is 0 Å². The number of aromatic hydroxyl groups is 1. The molecule has 0 heterocycles. The van der Waals surface area contributed by atoms with Gasteiger partial charge in [-0.3, -0.25) is 9.59 Å². The molecule has 0 aliphatic heterocycles. The van der Waals surface area contributed by atoms with Crippen LogP contribution < -0.4 is 10.6 Å². The third-order valence-corrected chi connectivity index (χ3v) is 6.15. The van der Waals surface area contributed by atoms with Crippen LogP contribution in [0, 0.1) is 6.92 Å². The predicted molar refractivity (Wildman–Crippen MR) is 136 cm³/mol. The average molecular weight is 490 g/mol. The summed E-state index contributed by atoms with van der Waals surface area (Å²) in [7, 11) is 0. The van der Waals surface area contributed by atoms with E-state index in [1.165, 1.54) is 6.42 Å². The number of hydrogen-bond donors (Lipinski definition) is 3. The quantitative estimate of drug-likeness (QED) is 0.412. The summed E-state index contributed by atoms with van der Waals surface area (Å²) in [5.41, 5.74) is 0.585. The van der Waals surface area contributed by atoms with Gasteiger partial charge in [-0.25, -0.2) is 4.79 Å². The molecular formula is C27H43N3O5. The van der Waals surface area contributed by atoms with Gasteiger partial charge in [0.15, 0.2) is 0 Å². The molecular weight excluding hydrogens is 446 g/mol. The Labute approximate surface area is 209 Å². The van der Waals surface area contributed by atoms with E-state index in [0.717, 1.165) is 44.9 Å². The molecule has 1 aromatic carbocycles. The summed E-state index contributed by atoms with van der Waals surface area (Å²) in [6, 6.07) is 4.22. The molecule has 35 heavy (non-hydrogen) atoms. The lowest BCUT2D eigenvalue weighted by molar-refractivity contribution is -0.140. The zero-order valence-corrected chi connectivity index (χ0v) is 22.0. The molecule has 0 aromatic heterocycles. The van der Waals surface area contributed by atoms with E-state index in [1.807, 2.05) is 0 Å². The van der Waals surface area contributed by atoms with E-state index in [1.54, 1.807) is 50.8 Å². The summed E-state index contributed by atoms with van der Waals surface area (Å²) < 4.78 is 5.26. The number of phenols is 1. The van der Waals surface area contributed by atoms with E-state index in [2.05, 4.69) is 17.6 Å². The zero-order chi connectivity index (χ0) is 26.0. The minimum atomic E-state index is -0.860. The van der Waals surface area contributed by atoms with E-state index in [-0.39, 0.29) is 30.2 Å². The number of benzene rings is 1. The van der Waals surface area contributed by atoms with Gasteiger partial charge in [0, 0.05) is 12.6 Å². The maximum absolute atomic E-state index is 13.6. The van der Waals surface area contributed by atoms with Crippen LogP contribution in [0.5, 0.6) is 5.75 Å². The Hall–Kier alpha value is -2.77. The Kier molecular flexibility index (Phi) is 10.9. The van der Waals surface area contributed by atoms with E-state index in [4.69, 9.17) is 4.74 Å². The number of aryl methyl sites for hydroxylation is 1. The summed E-state index contributed by atoms with van der Waals surface area (Å²) in [6.07, 6.45) is 7.12. The first kappa shape index (κ1) is 28.5. The van der Waals surface area contributed by atoms with Crippen molar-refractivity contribution < 1.29 is 24.2 Å². The molecule has 1 fully saturated rings. The summed E-state index contributed by atoms with van der Waals surface area (Å²) >= 11 is 0. The van der Waals surface area contributed by atoms with Gasteiger partial charge in [-0.15, -0.1) is 0 Å². The number of nitrogens with zero attached hydrogens (tertiary/aromatic N) is 1. The van der Waals surface area contributed by atoms with E-state index in [9.17, 15) is 19.5 Å². The van der Waals surface area contributed by atoms with Crippen LogP contribution >= 0.6 is 0 Å². The molecule has 196 valence electrons. The molecule has 1 aliphatic rings. The standard InChI is InChI=1S/C27H43N3O5/c1-6-7-11-16-30(23(32)18-28-26(34)35-27(3,4)5)24(20-14-15-22(31)19(2)17-20)25(33)29-21-12-9-8-10-13-21/h14-15,17,21,24,31H,6-13,16,18H2,1-5H3,(H,28,34)(H,29,33). The van der Waals surface area contributed by atoms with Crippen LogP contribution in [0.4, 0.5) is 4.79 Å². The Balaban J connectivity index is 2.31. The lowest BCUT2D eigenvalue weighted by Crippen LogP contribution is -2.50. The van der Waals surface area contributed by atoms with Gasteiger partial charge in [0.1, 0.15) is 23.9 Å². The fourth-order valence-electron chi connectivity index (χ4n) is 4.34. The molecule has 0 radical (unpaired) electrons. The maximum Gasteiger partial charge on any atom is 0.408 e. The molecule has 1 aliphatic carbocycles. The van der Waals surface area contributed by atoms with Gasteiger partial charge >= 0.3 is 6.09 Å². The van der Waals surface area contributed by atoms with Gasteiger partial charge in [0.2, 0.25) is 11.8 Å². The fourth-order valence-corrected chi connectivity index (χ4v) is 4.34. The van der Waals surface area contributed by atoms with Gasteiger partial charge in [-0.1, -0.05) is 45.1 Å². The smallest absolute Gasteiger partial charge is 0.408 e. The molecule has 2 rings (SSSR count). The Bertz CT molecular complexity index is 859. The molecule has 8 heteroatoms. The van der Waals surface area contributed by atoms with Crippen molar-refractivity contribution in [3.05, 3.63) is 29.3 Å². The number of carbonyl (C=O) groups is 3. The number of carbonyl (C=O) groups excluding carboxylic acids is 3. The summed E-state index contributed by atoms with van der Waals surface area (Å²) in [5, 5.41) is 15.7. The normalized spacial score (nSPS) is 15.2. The van der Waals surface area contributed by atoms with Crippen LogP contribution in [-0.2, 0) is 14.3 Å². The number of nitrogens with one attached hydrogen (secondary N) is 2. The molecule has 3 amide bonds. The third-order valence-electron chi connectivity index (χ3n) is 6.15. The van der Waals surface area contributed by atoms with Crippen LogP contribution in [0.2, 0.25) is 0 Å². The topological polar surface area (TPSA) is 108 Å². The second-order valence-corrected chi connectivity index (χ2v) is 10.4. The fraction of sp³-hybridized carbons (Fsp3) is 0.667. The first-order chi connectivity index (χ1) is 16.5. The van der Waals surface area contributed by atoms with Crippen molar-refractivity contribution in [3.8, 4) is 5.75 Å². The molecule has 1 saturated carbocycles. The van der Waals surface area contributed by atoms with Gasteiger partial charge < -0.3 is 25.4 Å². The first-order valence-electron chi connectivity index (χ1n) is 12.9. The van der Waals surface area contributed by atoms with Gasteiger partial charge in [0.05, 0.1) is 0 Å². The van der Waals surface area contributed by atoms with Crippen LogP contribution in [-0.4, -0.2) is 52.6 Å². The average Bonchev–Trinajstić information content (AvgIpc) is 2.78. The molecule has 8 nitrogen and oxygen atoms in total. The molecule has 0 spiro atoms. The van der Waals surface area contributed by atoms with Crippen molar-refractivity contribution in [2.24, 2.45) is 0 Å². The van der Waals surface area contributed by atoms with Crippen molar-refractivity contribution in [1.29, 1.82) is 0 Å². The van der Waals surface area contributed by atoms with Crippen molar-refractivity contribution in [2.45, 2.75) is 104 Å². The third kappa shape index (κ3) is 9.42. The van der Waals surface area contributed by atoms with Crippen molar-refractivity contribution in [3.63, 3.8) is 0 Å². The Morgan fingerprint density at radius 1 is 1.14 bits per heavy atom. The number of unbranched alkanes of at least 4 members (excludes halogenated alkanes) is 2. The number of rotatable bonds is 10. The number of alkyl carbamates (subject to hydrolysis) is 1. The second kappa shape index (κ2) is 13.4. The van der Waals surface area contributed by atoms with Crippen molar-refractivity contribution in [2.75, 3.05) is 13.1 Å². The number of phenolic OH excluding ortho intramolecular Hbond substituents is 1. The van der Waals surface area contributed by atoms with E-state index < -0.39 is 17.7 Å². The highest BCUT2D eigenvalue weighted by Gasteiger charge is 2.33. The minimum Gasteiger partial charge on any atom is -0.508 e. The molecule has 1 unspecified atom stereocenters. The van der Waals surface area contributed by atoms with Crippen LogP contribution in [0.15, 0.2) is 18.2 Å². The largest absolute Gasteiger partial charge is 0.508 e. The monoisotopic (exact) mass is 489 g/mol. The highest BCUT2D eigenvalue weighted by Crippen LogP contribution is 2.28. The molecule has 1 aromatic rings. The SMILES string of the molecule is CCCCCN(C(=O)CNC(=O)OC(C)(C)C)C(C(=O)NC1CCCCC1)c1ccc(O)c(C)c1. The zero-order valence-electron chi connectivity index (χ0n) is 22.0. The highest BCUT2D eigenvalue weighted by molar-refractivity contribution is 5.90. The van der Waals surface area contributed by atoms with Crippen molar-refractivity contribution in [1.82, 2.24) is 15.5 Å².